The number of benzene rings is 1. The number of carbonyl (C=O) groups is 1. The maximum Gasteiger partial charge on any atom is 0.290 e. The molecule has 0 fully saturated rings. The van der Waals surface area contributed by atoms with Crippen molar-refractivity contribution in [3.63, 3.8) is 0 Å². The highest BCUT2D eigenvalue weighted by Gasteiger charge is 2.43. The van der Waals surface area contributed by atoms with Gasteiger partial charge in [0.25, 0.3) is 5.91 Å². The molecule has 1 aliphatic heterocycles. The molecule has 2 aromatic heterocycles. The van der Waals surface area contributed by atoms with E-state index < -0.39 is 6.04 Å². The number of fused-ring (bicyclic) bond motifs is 2. The SMILES string of the molecule is CCc1ccc2oc3c(c(=O)c2c1)C(c1ccccn1)N(CCCN(CC)CC)C3=O. The molecule has 0 spiro atoms. The van der Waals surface area contributed by atoms with Crippen LogP contribution in [-0.4, -0.2) is 46.9 Å². The molecule has 1 unspecified atom stereocenters. The molecule has 6 heteroatoms. The molecule has 0 bridgehead atoms. The van der Waals surface area contributed by atoms with Crippen LogP contribution in [0, 0.1) is 0 Å². The summed E-state index contributed by atoms with van der Waals surface area (Å²) < 4.78 is 6.02. The first-order valence-electron chi connectivity index (χ1n) is 11.1. The lowest BCUT2D eigenvalue weighted by atomic mass is 10.0. The summed E-state index contributed by atoms with van der Waals surface area (Å²) in [6.07, 6.45) is 3.34. The first-order chi connectivity index (χ1) is 15.1. The van der Waals surface area contributed by atoms with Gasteiger partial charge in [-0.1, -0.05) is 32.9 Å². The van der Waals surface area contributed by atoms with Crippen molar-refractivity contribution in [1.82, 2.24) is 14.8 Å². The Hall–Kier alpha value is -2.99. The third-order valence-corrected chi connectivity index (χ3v) is 6.17. The molecule has 1 atom stereocenters. The monoisotopic (exact) mass is 419 g/mol. The predicted octanol–water partition coefficient (Wildman–Crippen LogP) is 4.03. The average Bonchev–Trinajstić information content (AvgIpc) is 3.09. The van der Waals surface area contributed by atoms with E-state index in [1.165, 1.54) is 0 Å². The Labute approximate surface area is 182 Å². The van der Waals surface area contributed by atoms with Crippen molar-refractivity contribution in [1.29, 1.82) is 0 Å². The van der Waals surface area contributed by atoms with E-state index in [1.54, 1.807) is 17.2 Å². The van der Waals surface area contributed by atoms with Crippen molar-refractivity contribution in [2.24, 2.45) is 0 Å². The van der Waals surface area contributed by atoms with E-state index in [-0.39, 0.29) is 17.1 Å². The second kappa shape index (κ2) is 9.02. The van der Waals surface area contributed by atoms with E-state index >= 15 is 0 Å². The second-order valence-corrected chi connectivity index (χ2v) is 7.89. The summed E-state index contributed by atoms with van der Waals surface area (Å²) in [5.74, 6) is -0.0796. The van der Waals surface area contributed by atoms with Gasteiger partial charge in [0, 0.05) is 12.7 Å². The summed E-state index contributed by atoms with van der Waals surface area (Å²) in [7, 11) is 0. The van der Waals surface area contributed by atoms with Gasteiger partial charge in [0.15, 0.2) is 5.43 Å². The van der Waals surface area contributed by atoms with E-state index in [4.69, 9.17) is 4.42 Å². The summed E-state index contributed by atoms with van der Waals surface area (Å²) in [5.41, 5.74) is 2.48. The fraction of sp³-hybridized carbons (Fsp3) is 0.400. The summed E-state index contributed by atoms with van der Waals surface area (Å²) in [6.45, 7) is 9.70. The average molecular weight is 420 g/mol. The van der Waals surface area contributed by atoms with Crippen LogP contribution >= 0.6 is 0 Å². The van der Waals surface area contributed by atoms with Gasteiger partial charge in [-0.25, -0.2) is 0 Å². The first-order valence-corrected chi connectivity index (χ1v) is 11.1. The standard InChI is InChI=1S/C25H29N3O3/c1-4-17-11-12-20-18(16-17)23(29)21-22(19-10-7-8-13-26-19)28(25(30)24(21)31-20)15-9-14-27(5-2)6-3/h7-8,10-13,16,22H,4-6,9,14-15H2,1-3H3. The molecule has 162 valence electrons. The number of nitrogens with zero attached hydrogens (tertiary/aromatic N) is 3. The van der Waals surface area contributed by atoms with Crippen LogP contribution < -0.4 is 5.43 Å². The van der Waals surface area contributed by atoms with Crippen LogP contribution in [0.25, 0.3) is 11.0 Å². The molecule has 1 amide bonds. The summed E-state index contributed by atoms with van der Waals surface area (Å²) in [4.78, 5) is 35.5. The molecule has 0 saturated carbocycles. The topological polar surface area (TPSA) is 66.7 Å². The molecule has 4 rings (SSSR count). The number of hydrogen-bond acceptors (Lipinski definition) is 5. The van der Waals surface area contributed by atoms with Gasteiger partial charge in [-0.2, -0.15) is 0 Å². The number of aromatic nitrogens is 1. The van der Waals surface area contributed by atoms with Gasteiger partial charge in [0.05, 0.1) is 16.6 Å². The zero-order valence-corrected chi connectivity index (χ0v) is 18.4. The molecule has 3 aromatic rings. The molecule has 1 aliphatic rings. The lowest BCUT2D eigenvalue weighted by Gasteiger charge is -2.26. The van der Waals surface area contributed by atoms with Gasteiger partial charge < -0.3 is 14.2 Å². The Morgan fingerprint density at radius 1 is 1.10 bits per heavy atom. The van der Waals surface area contributed by atoms with Crippen LogP contribution in [0.15, 0.2) is 51.8 Å². The normalized spacial score (nSPS) is 15.8. The third kappa shape index (κ3) is 3.88. The first kappa shape index (κ1) is 21.2. The number of hydrogen-bond donors (Lipinski definition) is 0. The highest BCUT2D eigenvalue weighted by Crippen LogP contribution is 2.37. The molecule has 3 heterocycles. The Morgan fingerprint density at radius 2 is 1.90 bits per heavy atom. The quantitative estimate of drug-likeness (QED) is 0.552. The van der Waals surface area contributed by atoms with Crippen molar-refractivity contribution >= 4 is 16.9 Å². The van der Waals surface area contributed by atoms with Gasteiger partial charge in [-0.15, -0.1) is 0 Å². The molecule has 0 radical (unpaired) electrons. The Bertz CT molecular complexity index is 1140. The molecule has 6 nitrogen and oxygen atoms in total. The smallest absolute Gasteiger partial charge is 0.290 e. The Balaban J connectivity index is 1.79. The van der Waals surface area contributed by atoms with E-state index in [0.29, 0.717) is 28.8 Å². The predicted molar refractivity (Wildman–Crippen MR) is 121 cm³/mol. The fourth-order valence-corrected chi connectivity index (χ4v) is 4.37. The number of aryl methyl sites for hydroxylation is 1. The van der Waals surface area contributed by atoms with Crippen molar-refractivity contribution < 1.29 is 9.21 Å². The minimum absolute atomic E-state index is 0.137. The number of amides is 1. The summed E-state index contributed by atoms with van der Waals surface area (Å²) in [6, 6.07) is 10.7. The van der Waals surface area contributed by atoms with Crippen molar-refractivity contribution in [2.75, 3.05) is 26.2 Å². The molecule has 0 N–H and O–H groups in total. The number of carbonyl (C=O) groups excluding carboxylic acids is 1. The third-order valence-electron chi connectivity index (χ3n) is 6.17. The maximum atomic E-state index is 13.6. The van der Waals surface area contributed by atoms with Gasteiger partial charge in [-0.05, 0) is 62.3 Å². The fourth-order valence-electron chi connectivity index (χ4n) is 4.37. The van der Waals surface area contributed by atoms with Crippen LogP contribution in [0.3, 0.4) is 0 Å². The summed E-state index contributed by atoms with van der Waals surface area (Å²) in [5, 5.41) is 0.525. The van der Waals surface area contributed by atoms with Crippen molar-refractivity contribution in [3.8, 4) is 0 Å². The van der Waals surface area contributed by atoms with Crippen LogP contribution in [0.2, 0.25) is 0 Å². The molecular weight excluding hydrogens is 390 g/mol. The minimum atomic E-state index is -0.522. The lowest BCUT2D eigenvalue weighted by molar-refractivity contribution is 0.0717. The van der Waals surface area contributed by atoms with Gasteiger partial charge >= 0.3 is 0 Å². The minimum Gasteiger partial charge on any atom is -0.450 e. The van der Waals surface area contributed by atoms with Crippen molar-refractivity contribution in [2.45, 2.75) is 39.7 Å². The highest BCUT2D eigenvalue weighted by atomic mass is 16.3. The lowest BCUT2D eigenvalue weighted by Crippen LogP contribution is -2.33. The molecule has 0 aliphatic carbocycles. The van der Waals surface area contributed by atoms with Crippen molar-refractivity contribution in [3.05, 3.63) is 75.4 Å². The van der Waals surface area contributed by atoms with E-state index in [9.17, 15) is 9.59 Å². The van der Waals surface area contributed by atoms with E-state index in [2.05, 4.69) is 23.7 Å². The van der Waals surface area contributed by atoms with Crippen LogP contribution in [0.5, 0.6) is 0 Å². The van der Waals surface area contributed by atoms with Crippen LogP contribution in [-0.2, 0) is 6.42 Å². The van der Waals surface area contributed by atoms with Gasteiger partial charge in [0.2, 0.25) is 5.76 Å². The van der Waals surface area contributed by atoms with E-state index in [0.717, 1.165) is 38.0 Å². The molecule has 1 aromatic carbocycles. The Kier molecular flexibility index (Phi) is 6.18. The van der Waals surface area contributed by atoms with Crippen LogP contribution in [0.4, 0.5) is 0 Å². The maximum absolute atomic E-state index is 13.6. The Morgan fingerprint density at radius 3 is 2.58 bits per heavy atom. The summed E-state index contributed by atoms with van der Waals surface area (Å²) >= 11 is 0. The van der Waals surface area contributed by atoms with Gasteiger partial charge in [0.1, 0.15) is 11.6 Å². The number of rotatable bonds is 8. The molecular formula is C25H29N3O3. The zero-order chi connectivity index (χ0) is 22.0. The highest BCUT2D eigenvalue weighted by molar-refractivity contribution is 5.99. The largest absolute Gasteiger partial charge is 0.450 e. The van der Waals surface area contributed by atoms with E-state index in [1.807, 2.05) is 37.3 Å². The molecule has 31 heavy (non-hydrogen) atoms. The van der Waals surface area contributed by atoms with Gasteiger partial charge in [-0.3, -0.25) is 14.6 Å². The number of pyridine rings is 1. The zero-order valence-electron chi connectivity index (χ0n) is 18.4. The molecule has 0 saturated heterocycles. The van der Waals surface area contributed by atoms with Crippen LogP contribution in [0.1, 0.15) is 60.6 Å². The second-order valence-electron chi connectivity index (χ2n) is 7.89.